The molecule has 2 aromatic carbocycles. The van der Waals surface area contributed by atoms with Crippen LogP contribution in [0.1, 0.15) is 26.2 Å². The lowest BCUT2D eigenvalue weighted by atomic mass is 9.90. The number of hydrogen-bond donors (Lipinski definition) is 2. The molecule has 1 aliphatic heterocycles. The van der Waals surface area contributed by atoms with E-state index in [0.717, 1.165) is 46.7 Å². The molecule has 1 aliphatic rings. The van der Waals surface area contributed by atoms with Gasteiger partial charge in [0, 0.05) is 10.2 Å². The fraction of sp³-hybridized carbons (Fsp3) is 0.353. The van der Waals surface area contributed by atoms with Crippen molar-refractivity contribution in [3.63, 3.8) is 0 Å². The van der Waals surface area contributed by atoms with E-state index < -0.39 is 5.54 Å². The van der Waals surface area contributed by atoms with E-state index in [0.29, 0.717) is 0 Å². The lowest BCUT2D eigenvalue weighted by Gasteiger charge is -2.33. The molecule has 3 rings (SSSR count). The number of amides is 1. The van der Waals surface area contributed by atoms with E-state index in [1.54, 1.807) is 0 Å². The third-order valence-corrected chi connectivity index (χ3v) is 4.67. The molecule has 0 radical (unpaired) electrons. The highest BCUT2D eigenvalue weighted by Gasteiger charge is 2.34. The van der Waals surface area contributed by atoms with E-state index in [1.165, 1.54) is 0 Å². The quantitative estimate of drug-likeness (QED) is 0.860. The summed E-state index contributed by atoms with van der Waals surface area (Å²) in [5.74, 6) is 0.0543. The van der Waals surface area contributed by atoms with Gasteiger partial charge in [-0.25, -0.2) is 0 Å². The maximum atomic E-state index is 12.5. The Morgan fingerprint density at radius 2 is 1.95 bits per heavy atom. The third kappa shape index (κ3) is 3.11. The second-order valence-corrected chi connectivity index (χ2v) is 6.79. The summed E-state index contributed by atoms with van der Waals surface area (Å²) in [6.07, 6.45) is 3.13. The Morgan fingerprint density at radius 1 is 1.19 bits per heavy atom. The van der Waals surface area contributed by atoms with Gasteiger partial charge in [-0.05, 0) is 67.8 Å². The Bertz CT molecular complexity index is 678. The average Bonchev–Trinajstić information content (AvgIpc) is 2.48. The molecule has 110 valence electrons. The van der Waals surface area contributed by atoms with E-state index in [1.807, 2.05) is 31.2 Å². The van der Waals surface area contributed by atoms with E-state index in [2.05, 4.69) is 38.7 Å². The van der Waals surface area contributed by atoms with Crippen LogP contribution in [-0.2, 0) is 4.79 Å². The van der Waals surface area contributed by atoms with Crippen molar-refractivity contribution in [1.82, 2.24) is 5.32 Å². The van der Waals surface area contributed by atoms with Gasteiger partial charge in [0.25, 0.3) is 0 Å². The molecule has 21 heavy (non-hydrogen) atoms. The van der Waals surface area contributed by atoms with Crippen LogP contribution in [0.2, 0.25) is 0 Å². The Kier molecular flexibility index (Phi) is 4.00. The number of carbonyl (C=O) groups excluding carboxylic acids is 1. The maximum absolute atomic E-state index is 12.5. The predicted molar refractivity (Wildman–Crippen MR) is 90.5 cm³/mol. The number of nitrogens with one attached hydrogen (secondary N) is 2. The first kappa shape index (κ1) is 14.5. The van der Waals surface area contributed by atoms with Gasteiger partial charge in [-0.1, -0.05) is 28.1 Å². The predicted octanol–water partition coefficient (Wildman–Crippen LogP) is 4.07. The summed E-state index contributed by atoms with van der Waals surface area (Å²) in [5, 5.41) is 8.67. The minimum Gasteiger partial charge on any atom is -0.324 e. The molecule has 4 heteroatoms. The van der Waals surface area contributed by atoms with E-state index in [-0.39, 0.29) is 5.91 Å². The Hall–Kier alpha value is -1.39. The first-order valence-corrected chi connectivity index (χ1v) is 8.12. The standard InChI is InChI=1S/C17H19BrN2O/c1-17(8-2-3-9-19-17)16(21)20-15-7-5-12-10-14(18)6-4-13(12)11-15/h4-7,10-11,19H,2-3,8-9H2,1H3,(H,20,21). The van der Waals surface area contributed by atoms with Crippen LogP contribution in [-0.4, -0.2) is 18.0 Å². The van der Waals surface area contributed by atoms with E-state index in [9.17, 15) is 4.79 Å². The molecule has 1 saturated heterocycles. The smallest absolute Gasteiger partial charge is 0.244 e. The molecule has 0 saturated carbocycles. The highest BCUT2D eigenvalue weighted by Crippen LogP contribution is 2.25. The second-order valence-electron chi connectivity index (χ2n) is 5.88. The third-order valence-electron chi connectivity index (χ3n) is 4.18. The number of benzene rings is 2. The fourth-order valence-electron chi connectivity index (χ4n) is 2.81. The molecular weight excluding hydrogens is 328 g/mol. The highest BCUT2D eigenvalue weighted by molar-refractivity contribution is 9.10. The van der Waals surface area contributed by atoms with Gasteiger partial charge in [-0.15, -0.1) is 0 Å². The highest BCUT2D eigenvalue weighted by atomic mass is 79.9. The van der Waals surface area contributed by atoms with Gasteiger partial charge in [-0.2, -0.15) is 0 Å². The van der Waals surface area contributed by atoms with Crippen LogP contribution in [0.4, 0.5) is 5.69 Å². The van der Waals surface area contributed by atoms with Crippen LogP contribution in [0, 0.1) is 0 Å². The normalized spacial score (nSPS) is 22.2. The van der Waals surface area contributed by atoms with Crippen molar-refractivity contribution in [2.75, 3.05) is 11.9 Å². The van der Waals surface area contributed by atoms with Gasteiger partial charge in [0.2, 0.25) is 5.91 Å². The first-order chi connectivity index (χ1) is 10.1. The molecule has 3 nitrogen and oxygen atoms in total. The molecule has 0 spiro atoms. The van der Waals surface area contributed by atoms with Crippen molar-refractivity contribution in [3.8, 4) is 0 Å². The minimum atomic E-state index is -0.451. The van der Waals surface area contributed by atoms with Crippen molar-refractivity contribution in [2.45, 2.75) is 31.7 Å². The zero-order chi connectivity index (χ0) is 14.9. The van der Waals surface area contributed by atoms with Crippen LogP contribution >= 0.6 is 15.9 Å². The molecular formula is C17H19BrN2O. The molecule has 1 unspecified atom stereocenters. The Morgan fingerprint density at radius 3 is 2.71 bits per heavy atom. The Labute approximate surface area is 133 Å². The number of carbonyl (C=O) groups is 1. The molecule has 1 atom stereocenters. The molecule has 2 N–H and O–H groups in total. The van der Waals surface area contributed by atoms with Gasteiger partial charge in [-0.3, -0.25) is 4.79 Å². The second kappa shape index (κ2) is 5.78. The average molecular weight is 347 g/mol. The van der Waals surface area contributed by atoms with Crippen molar-refractivity contribution in [3.05, 3.63) is 40.9 Å². The summed E-state index contributed by atoms with van der Waals surface area (Å²) in [6, 6.07) is 12.1. The zero-order valence-corrected chi connectivity index (χ0v) is 13.7. The number of hydrogen-bond acceptors (Lipinski definition) is 2. The first-order valence-electron chi connectivity index (χ1n) is 7.33. The molecule has 1 fully saturated rings. The molecule has 1 amide bonds. The Balaban J connectivity index is 1.81. The molecule has 0 aromatic heterocycles. The zero-order valence-electron chi connectivity index (χ0n) is 12.1. The van der Waals surface area contributed by atoms with Crippen LogP contribution in [0.3, 0.4) is 0 Å². The summed E-state index contributed by atoms with van der Waals surface area (Å²) < 4.78 is 1.06. The summed E-state index contributed by atoms with van der Waals surface area (Å²) in [4.78, 5) is 12.5. The van der Waals surface area contributed by atoms with Crippen LogP contribution in [0.5, 0.6) is 0 Å². The van der Waals surface area contributed by atoms with Crippen LogP contribution in [0.25, 0.3) is 10.8 Å². The van der Waals surface area contributed by atoms with E-state index >= 15 is 0 Å². The van der Waals surface area contributed by atoms with Crippen LogP contribution in [0.15, 0.2) is 40.9 Å². The van der Waals surface area contributed by atoms with Gasteiger partial charge in [0.15, 0.2) is 0 Å². The molecule has 0 aliphatic carbocycles. The molecule has 2 aromatic rings. The summed E-state index contributed by atoms with van der Waals surface area (Å²) in [5.41, 5.74) is 0.399. The van der Waals surface area contributed by atoms with Crippen molar-refractivity contribution >= 4 is 38.3 Å². The topological polar surface area (TPSA) is 41.1 Å². The minimum absolute atomic E-state index is 0.0543. The lowest BCUT2D eigenvalue weighted by Crippen LogP contribution is -2.54. The van der Waals surface area contributed by atoms with Crippen molar-refractivity contribution in [2.24, 2.45) is 0 Å². The number of rotatable bonds is 2. The van der Waals surface area contributed by atoms with Crippen molar-refractivity contribution in [1.29, 1.82) is 0 Å². The largest absolute Gasteiger partial charge is 0.324 e. The van der Waals surface area contributed by atoms with Gasteiger partial charge in [0.1, 0.15) is 0 Å². The number of anilines is 1. The van der Waals surface area contributed by atoms with Gasteiger partial charge in [0.05, 0.1) is 5.54 Å². The monoisotopic (exact) mass is 346 g/mol. The van der Waals surface area contributed by atoms with Gasteiger partial charge < -0.3 is 10.6 Å². The summed E-state index contributed by atoms with van der Waals surface area (Å²) in [7, 11) is 0. The molecule has 0 bridgehead atoms. The summed E-state index contributed by atoms with van der Waals surface area (Å²) >= 11 is 3.47. The summed E-state index contributed by atoms with van der Waals surface area (Å²) in [6.45, 7) is 2.90. The SMILES string of the molecule is CC1(C(=O)Nc2ccc3cc(Br)ccc3c2)CCCCN1. The van der Waals surface area contributed by atoms with Crippen molar-refractivity contribution < 1.29 is 4.79 Å². The lowest BCUT2D eigenvalue weighted by molar-refractivity contribution is -0.122. The van der Waals surface area contributed by atoms with Gasteiger partial charge >= 0.3 is 0 Å². The van der Waals surface area contributed by atoms with Crippen LogP contribution < -0.4 is 10.6 Å². The fourth-order valence-corrected chi connectivity index (χ4v) is 3.19. The number of halogens is 1. The molecule has 1 heterocycles. The number of piperidine rings is 1. The van der Waals surface area contributed by atoms with E-state index in [4.69, 9.17) is 0 Å². The number of fused-ring (bicyclic) bond motifs is 1. The maximum Gasteiger partial charge on any atom is 0.244 e.